The van der Waals surface area contributed by atoms with Gasteiger partial charge in [0.2, 0.25) is 0 Å². The van der Waals surface area contributed by atoms with Gasteiger partial charge in [-0.05, 0) is 23.3 Å². The summed E-state index contributed by atoms with van der Waals surface area (Å²) in [5.41, 5.74) is 0.929. The fourth-order valence-electron chi connectivity index (χ4n) is 1.83. The molecule has 76 valence electrons. The standard InChI is InChI=1S/C11H20O2/c1-7-5-10(13)8(6-9(7)12)11(2,3)4/h6-7,9-10,12-13H,5H2,1-4H3. The highest BCUT2D eigenvalue weighted by molar-refractivity contribution is 5.21. The van der Waals surface area contributed by atoms with Crippen molar-refractivity contribution in [1.29, 1.82) is 0 Å². The van der Waals surface area contributed by atoms with Crippen molar-refractivity contribution in [3.05, 3.63) is 11.6 Å². The van der Waals surface area contributed by atoms with Gasteiger partial charge in [0, 0.05) is 0 Å². The Hall–Kier alpha value is -0.340. The van der Waals surface area contributed by atoms with E-state index in [1.54, 1.807) is 0 Å². The van der Waals surface area contributed by atoms with Gasteiger partial charge < -0.3 is 10.2 Å². The summed E-state index contributed by atoms with van der Waals surface area (Å²) in [5, 5.41) is 19.5. The summed E-state index contributed by atoms with van der Waals surface area (Å²) in [6.07, 6.45) is 1.72. The predicted molar refractivity (Wildman–Crippen MR) is 53.3 cm³/mol. The minimum atomic E-state index is -0.391. The molecule has 3 atom stereocenters. The summed E-state index contributed by atoms with van der Waals surface area (Å²) >= 11 is 0. The maximum atomic E-state index is 9.81. The van der Waals surface area contributed by atoms with Gasteiger partial charge in [-0.25, -0.2) is 0 Å². The average molecular weight is 184 g/mol. The first-order valence-corrected chi connectivity index (χ1v) is 4.90. The van der Waals surface area contributed by atoms with Crippen molar-refractivity contribution in [3.8, 4) is 0 Å². The molecule has 0 spiro atoms. The van der Waals surface area contributed by atoms with Gasteiger partial charge in [0.05, 0.1) is 12.2 Å². The molecule has 0 bridgehead atoms. The topological polar surface area (TPSA) is 40.5 Å². The van der Waals surface area contributed by atoms with Gasteiger partial charge in [0.15, 0.2) is 0 Å². The molecule has 1 rings (SSSR count). The van der Waals surface area contributed by atoms with E-state index in [1.807, 2.05) is 13.0 Å². The van der Waals surface area contributed by atoms with Crippen molar-refractivity contribution in [2.24, 2.45) is 11.3 Å². The maximum Gasteiger partial charge on any atom is 0.0759 e. The van der Waals surface area contributed by atoms with Crippen LogP contribution in [0.15, 0.2) is 11.6 Å². The first kappa shape index (κ1) is 10.7. The van der Waals surface area contributed by atoms with Crippen LogP contribution in [0.3, 0.4) is 0 Å². The highest BCUT2D eigenvalue weighted by Crippen LogP contribution is 2.35. The molecule has 0 saturated carbocycles. The lowest BCUT2D eigenvalue weighted by atomic mass is 9.75. The van der Waals surface area contributed by atoms with Crippen LogP contribution in [0.25, 0.3) is 0 Å². The van der Waals surface area contributed by atoms with Gasteiger partial charge in [-0.3, -0.25) is 0 Å². The molecule has 0 aliphatic heterocycles. The molecule has 0 aromatic heterocycles. The lowest BCUT2D eigenvalue weighted by Gasteiger charge is -2.35. The third-order valence-corrected chi connectivity index (χ3v) is 2.75. The van der Waals surface area contributed by atoms with Crippen LogP contribution in [0.4, 0.5) is 0 Å². The Bertz CT molecular complexity index is 213. The molecule has 2 N–H and O–H groups in total. The molecule has 3 unspecified atom stereocenters. The zero-order chi connectivity index (χ0) is 10.2. The molecule has 0 heterocycles. The number of rotatable bonds is 0. The number of aliphatic hydroxyl groups is 2. The molecule has 2 nitrogen and oxygen atoms in total. The van der Waals surface area contributed by atoms with Crippen molar-refractivity contribution in [3.63, 3.8) is 0 Å². The minimum absolute atomic E-state index is 0.0411. The molecule has 2 heteroatoms. The Morgan fingerprint density at radius 3 is 2.31 bits per heavy atom. The quantitative estimate of drug-likeness (QED) is 0.563. The van der Waals surface area contributed by atoms with Gasteiger partial charge in [0.1, 0.15) is 0 Å². The summed E-state index contributed by atoms with van der Waals surface area (Å²) < 4.78 is 0. The summed E-state index contributed by atoms with van der Waals surface area (Å²) in [7, 11) is 0. The van der Waals surface area contributed by atoms with Crippen LogP contribution < -0.4 is 0 Å². The van der Waals surface area contributed by atoms with E-state index in [-0.39, 0.29) is 17.4 Å². The van der Waals surface area contributed by atoms with Gasteiger partial charge in [-0.1, -0.05) is 33.8 Å². The Labute approximate surface area is 80.3 Å². The normalized spacial score (nSPS) is 35.8. The van der Waals surface area contributed by atoms with Crippen LogP contribution in [0.2, 0.25) is 0 Å². The summed E-state index contributed by atoms with van der Waals surface area (Å²) in [4.78, 5) is 0. The van der Waals surface area contributed by atoms with Crippen LogP contribution in [-0.2, 0) is 0 Å². The third kappa shape index (κ3) is 2.32. The molecular formula is C11H20O2. The van der Waals surface area contributed by atoms with E-state index >= 15 is 0 Å². The second kappa shape index (κ2) is 3.43. The zero-order valence-electron chi connectivity index (χ0n) is 8.91. The van der Waals surface area contributed by atoms with Crippen LogP contribution in [0, 0.1) is 11.3 Å². The fraction of sp³-hybridized carbons (Fsp3) is 0.818. The Morgan fingerprint density at radius 1 is 1.31 bits per heavy atom. The lowest BCUT2D eigenvalue weighted by molar-refractivity contribution is 0.0800. The number of aliphatic hydroxyl groups excluding tert-OH is 2. The first-order valence-electron chi connectivity index (χ1n) is 4.90. The van der Waals surface area contributed by atoms with Crippen molar-refractivity contribution < 1.29 is 10.2 Å². The molecule has 1 aliphatic rings. The summed E-state index contributed by atoms with van der Waals surface area (Å²) in [6, 6.07) is 0. The molecular weight excluding hydrogens is 164 g/mol. The highest BCUT2D eigenvalue weighted by Gasteiger charge is 2.31. The number of hydrogen-bond acceptors (Lipinski definition) is 2. The van der Waals surface area contributed by atoms with Crippen LogP contribution in [0.5, 0.6) is 0 Å². The molecule has 0 saturated heterocycles. The summed E-state index contributed by atoms with van der Waals surface area (Å²) in [6.45, 7) is 8.14. The van der Waals surface area contributed by atoms with Crippen molar-refractivity contribution >= 4 is 0 Å². The van der Waals surface area contributed by atoms with E-state index in [1.165, 1.54) is 0 Å². The maximum absolute atomic E-state index is 9.81. The zero-order valence-corrected chi connectivity index (χ0v) is 8.91. The molecule has 0 amide bonds. The van der Waals surface area contributed by atoms with E-state index in [4.69, 9.17) is 0 Å². The van der Waals surface area contributed by atoms with Crippen molar-refractivity contribution in [2.45, 2.75) is 46.3 Å². The van der Waals surface area contributed by atoms with E-state index in [0.29, 0.717) is 6.42 Å². The summed E-state index contributed by atoms with van der Waals surface area (Å²) in [5.74, 6) is 0.168. The van der Waals surface area contributed by atoms with Gasteiger partial charge >= 0.3 is 0 Å². The van der Waals surface area contributed by atoms with Gasteiger partial charge in [-0.2, -0.15) is 0 Å². The number of hydrogen-bond donors (Lipinski definition) is 2. The monoisotopic (exact) mass is 184 g/mol. The van der Waals surface area contributed by atoms with E-state index in [9.17, 15) is 10.2 Å². The fourth-order valence-corrected chi connectivity index (χ4v) is 1.83. The van der Waals surface area contributed by atoms with Crippen LogP contribution in [0.1, 0.15) is 34.1 Å². The van der Waals surface area contributed by atoms with Gasteiger partial charge in [-0.15, -0.1) is 0 Å². The second-order valence-corrected chi connectivity index (χ2v) is 5.09. The van der Waals surface area contributed by atoms with Gasteiger partial charge in [0.25, 0.3) is 0 Å². The van der Waals surface area contributed by atoms with E-state index in [2.05, 4.69) is 20.8 Å². The second-order valence-electron chi connectivity index (χ2n) is 5.09. The molecule has 0 radical (unpaired) electrons. The Kier molecular flexibility index (Phi) is 2.83. The van der Waals surface area contributed by atoms with Crippen LogP contribution >= 0.6 is 0 Å². The molecule has 1 aliphatic carbocycles. The lowest BCUT2D eigenvalue weighted by Crippen LogP contribution is -2.33. The molecule has 0 fully saturated rings. The van der Waals surface area contributed by atoms with Crippen molar-refractivity contribution in [1.82, 2.24) is 0 Å². The SMILES string of the molecule is CC1CC(O)C(C(C)(C)C)=CC1O. The smallest absolute Gasteiger partial charge is 0.0759 e. The third-order valence-electron chi connectivity index (χ3n) is 2.75. The predicted octanol–water partition coefficient (Wildman–Crippen LogP) is 1.72. The highest BCUT2D eigenvalue weighted by atomic mass is 16.3. The largest absolute Gasteiger partial charge is 0.389 e. The van der Waals surface area contributed by atoms with Crippen molar-refractivity contribution in [2.75, 3.05) is 0 Å². The minimum Gasteiger partial charge on any atom is -0.389 e. The van der Waals surface area contributed by atoms with E-state index < -0.39 is 6.10 Å². The average Bonchev–Trinajstić information content (AvgIpc) is 1.94. The van der Waals surface area contributed by atoms with E-state index in [0.717, 1.165) is 5.57 Å². The molecule has 0 aromatic rings. The first-order chi connectivity index (χ1) is 5.82. The molecule has 0 aromatic carbocycles. The molecule has 13 heavy (non-hydrogen) atoms. The van der Waals surface area contributed by atoms with Crippen LogP contribution in [-0.4, -0.2) is 22.4 Å². The Morgan fingerprint density at radius 2 is 1.85 bits per heavy atom. The Balaban J connectivity index is 2.90.